The lowest BCUT2D eigenvalue weighted by Crippen LogP contribution is -2.21. The highest BCUT2D eigenvalue weighted by atomic mass is 35.5. The van der Waals surface area contributed by atoms with E-state index in [9.17, 15) is 4.79 Å². The first-order valence-corrected chi connectivity index (χ1v) is 7.63. The van der Waals surface area contributed by atoms with Crippen LogP contribution in [0.15, 0.2) is 30.3 Å². The van der Waals surface area contributed by atoms with E-state index in [0.717, 1.165) is 16.7 Å². The molecule has 1 amide bonds. The summed E-state index contributed by atoms with van der Waals surface area (Å²) in [4.78, 5) is 12.1. The molecule has 2 aromatic rings. The Bertz CT molecular complexity index is 728. The topological polar surface area (TPSA) is 47.6 Å². The number of amides is 1. The Morgan fingerprint density at radius 1 is 1.13 bits per heavy atom. The van der Waals surface area contributed by atoms with Crippen molar-refractivity contribution in [2.24, 2.45) is 0 Å². The summed E-state index contributed by atoms with van der Waals surface area (Å²) in [7, 11) is 1.53. The number of hydrogen-bond acceptors (Lipinski definition) is 3. The molecule has 0 heterocycles. The highest BCUT2D eigenvalue weighted by Gasteiger charge is 2.11. The van der Waals surface area contributed by atoms with Crippen LogP contribution in [0.3, 0.4) is 0 Å². The highest BCUT2D eigenvalue weighted by Crippen LogP contribution is 2.31. The number of aryl methyl sites for hydroxylation is 2. The molecule has 5 heteroatoms. The van der Waals surface area contributed by atoms with Crippen molar-refractivity contribution in [3.8, 4) is 11.5 Å². The molecule has 0 saturated carbocycles. The van der Waals surface area contributed by atoms with Gasteiger partial charge in [0.2, 0.25) is 0 Å². The van der Waals surface area contributed by atoms with Gasteiger partial charge in [0, 0.05) is 11.1 Å². The molecule has 0 aromatic heterocycles. The van der Waals surface area contributed by atoms with Crippen molar-refractivity contribution in [2.75, 3.05) is 19.0 Å². The van der Waals surface area contributed by atoms with Crippen LogP contribution in [-0.2, 0) is 4.79 Å². The van der Waals surface area contributed by atoms with Gasteiger partial charge in [-0.3, -0.25) is 4.79 Å². The van der Waals surface area contributed by atoms with E-state index in [1.165, 1.54) is 7.11 Å². The SMILES string of the molecule is COc1cc(Cl)c(C)cc1NC(=O)COc1cccc(C)c1C. The number of hydrogen-bond donors (Lipinski definition) is 1. The normalized spacial score (nSPS) is 10.3. The minimum absolute atomic E-state index is 0.0743. The van der Waals surface area contributed by atoms with Crippen molar-refractivity contribution in [3.05, 3.63) is 52.0 Å². The predicted octanol–water partition coefficient (Wildman–Crippen LogP) is 4.29. The molecule has 0 radical (unpaired) electrons. The second-order valence-electron chi connectivity index (χ2n) is 5.34. The zero-order valence-electron chi connectivity index (χ0n) is 13.7. The number of carbonyl (C=O) groups excluding carboxylic acids is 1. The Morgan fingerprint density at radius 3 is 2.57 bits per heavy atom. The molecule has 2 rings (SSSR count). The number of rotatable bonds is 5. The van der Waals surface area contributed by atoms with E-state index in [2.05, 4.69) is 5.32 Å². The van der Waals surface area contributed by atoms with Crippen LogP contribution in [0.25, 0.3) is 0 Å². The second kappa shape index (κ2) is 7.38. The lowest BCUT2D eigenvalue weighted by molar-refractivity contribution is -0.118. The van der Waals surface area contributed by atoms with Crippen LogP contribution in [0, 0.1) is 20.8 Å². The van der Waals surface area contributed by atoms with Crippen molar-refractivity contribution in [3.63, 3.8) is 0 Å². The highest BCUT2D eigenvalue weighted by molar-refractivity contribution is 6.31. The molecule has 0 spiro atoms. The Balaban J connectivity index is 2.05. The Morgan fingerprint density at radius 2 is 1.87 bits per heavy atom. The fraction of sp³-hybridized carbons (Fsp3) is 0.278. The van der Waals surface area contributed by atoms with E-state index in [1.807, 2.05) is 39.0 Å². The third-order valence-corrected chi connectivity index (χ3v) is 4.08. The number of methoxy groups -OCH3 is 1. The van der Waals surface area contributed by atoms with Gasteiger partial charge in [-0.05, 0) is 49.6 Å². The number of halogens is 1. The molecule has 0 bridgehead atoms. The predicted molar refractivity (Wildman–Crippen MR) is 92.8 cm³/mol. The van der Waals surface area contributed by atoms with Gasteiger partial charge in [0.1, 0.15) is 11.5 Å². The lowest BCUT2D eigenvalue weighted by atomic mass is 10.1. The molecule has 0 aliphatic rings. The zero-order valence-corrected chi connectivity index (χ0v) is 14.5. The second-order valence-corrected chi connectivity index (χ2v) is 5.74. The molecular weight excluding hydrogens is 314 g/mol. The van der Waals surface area contributed by atoms with Crippen LogP contribution in [0.5, 0.6) is 11.5 Å². The third kappa shape index (κ3) is 4.17. The number of benzene rings is 2. The summed E-state index contributed by atoms with van der Waals surface area (Å²) >= 11 is 6.06. The van der Waals surface area contributed by atoms with Crippen LogP contribution >= 0.6 is 11.6 Å². The maximum absolute atomic E-state index is 12.1. The van der Waals surface area contributed by atoms with Gasteiger partial charge >= 0.3 is 0 Å². The standard InChI is InChI=1S/C18H20ClNO3/c1-11-6-5-7-16(13(11)3)23-10-18(21)20-15-8-12(2)14(19)9-17(15)22-4/h5-9H,10H2,1-4H3,(H,20,21). The summed E-state index contributed by atoms with van der Waals surface area (Å²) in [5, 5.41) is 3.38. The summed E-state index contributed by atoms with van der Waals surface area (Å²) < 4.78 is 10.8. The first kappa shape index (κ1) is 17.2. The molecule has 0 saturated heterocycles. The molecule has 1 N–H and O–H groups in total. The third-order valence-electron chi connectivity index (χ3n) is 3.67. The Kier molecular flexibility index (Phi) is 5.50. The first-order valence-electron chi connectivity index (χ1n) is 7.25. The number of anilines is 1. The number of carbonyl (C=O) groups is 1. The minimum atomic E-state index is -0.258. The van der Waals surface area contributed by atoms with Gasteiger partial charge in [-0.25, -0.2) is 0 Å². The van der Waals surface area contributed by atoms with Crippen molar-refractivity contribution in [1.29, 1.82) is 0 Å². The first-order chi connectivity index (χ1) is 10.9. The largest absolute Gasteiger partial charge is 0.495 e. The maximum Gasteiger partial charge on any atom is 0.262 e. The molecular formula is C18H20ClNO3. The minimum Gasteiger partial charge on any atom is -0.495 e. The Labute approximate surface area is 141 Å². The zero-order chi connectivity index (χ0) is 17.0. The summed E-state index contributed by atoms with van der Waals surface area (Å²) in [6, 6.07) is 9.21. The van der Waals surface area contributed by atoms with E-state index >= 15 is 0 Å². The molecule has 0 unspecified atom stereocenters. The fourth-order valence-electron chi connectivity index (χ4n) is 2.14. The van der Waals surface area contributed by atoms with Gasteiger partial charge in [-0.1, -0.05) is 23.7 Å². The average Bonchev–Trinajstić information content (AvgIpc) is 2.52. The number of ether oxygens (including phenoxy) is 2. The van der Waals surface area contributed by atoms with E-state index in [-0.39, 0.29) is 12.5 Å². The van der Waals surface area contributed by atoms with Gasteiger partial charge in [0.15, 0.2) is 6.61 Å². The maximum atomic E-state index is 12.1. The summed E-state index contributed by atoms with van der Waals surface area (Å²) in [6.07, 6.45) is 0. The van der Waals surface area contributed by atoms with Crippen LogP contribution in [0.4, 0.5) is 5.69 Å². The molecule has 23 heavy (non-hydrogen) atoms. The molecule has 0 atom stereocenters. The van der Waals surface area contributed by atoms with E-state index in [1.54, 1.807) is 12.1 Å². The van der Waals surface area contributed by atoms with Gasteiger partial charge in [-0.15, -0.1) is 0 Å². The molecule has 0 aliphatic heterocycles. The van der Waals surface area contributed by atoms with Crippen LogP contribution in [0.1, 0.15) is 16.7 Å². The number of nitrogens with one attached hydrogen (secondary N) is 1. The molecule has 4 nitrogen and oxygen atoms in total. The van der Waals surface area contributed by atoms with Crippen LogP contribution in [0.2, 0.25) is 5.02 Å². The molecule has 122 valence electrons. The summed E-state index contributed by atoms with van der Waals surface area (Å²) in [6.45, 7) is 5.76. The van der Waals surface area contributed by atoms with Crippen molar-refractivity contribution in [2.45, 2.75) is 20.8 Å². The fourth-order valence-corrected chi connectivity index (χ4v) is 2.29. The van der Waals surface area contributed by atoms with Crippen molar-refractivity contribution < 1.29 is 14.3 Å². The van der Waals surface area contributed by atoms with E-state index < -0.39 is 0 Å². The lowest BCUT2D eigenvalue weighted by Gasteiger charge is -2.14. The van der Waals surface area contributed by atoms with Crippen LogP contribution in [-0.4, -0.2) is 19.6 Å². The van der Waals surface area contributed by atoms with Crippen LogP contribution < -0.4 is 14.8 Å². The summed E-state index contributed by atoms with van der Waals surface area (Å²) in [5.74, 6) is 0.964. The summed E-state index contributed by atoms with van der Waals surface area (Å²) in [5.41, 5.74) is 3.58. The van der Waals surface area contributed by atoms with E-state index in [4.69, 9.17) is 21.1 Å². The van der Waals surface area contributed by atoms with Gasteiger partial charge in [-0.2, -0.15) is 0 Å². The smallest absolute Gasteiger partial charge is 0.262 e. The molecule has 0 aliphatic carbocycles. The van der Waals surface area contributed by atoms with Gasteiger partial charge in [0.05, 0.1) is 12.8 Å². The monoisotopic (exact) mass is 333 g/mol. The average molecular weight is 334 g/mol. The van der Waals surface area contributed by atoms with Gasteiger partial charge in [0.25, 0.3) is 5.91 Å². The van der Waals surface area contributed by atoms with Gasteiger partial charge < -0.3 is 14.8 Å². The molecule has 2 aromatic carbocycles. The van der Waals surface area contributed by atoms with E-state index in [0.29, 0.717) is 22.2 Å². The Hall–Kier alpha value is -2.20. The van der Waals surface area contributed by atoms with Crippen molar-refractivity contribution >= 4 is 23.2 Å². The molecule has 0 fully saturated rings. The van der Waals surface area contributed by atoms with Crippen molar-refractivity contribution in [1.82, 2.24) is 0 Å². The quantitative estimate of drug-likeness (QED) is 0.887.